The molecule has 1 aromatic carbocycles. The normalized spacial score (nSPS) is 15.2. The molecular formula is C19H25N3O2S. The summed E-state index contributed by atoms with van der Waals surface area (Å²) in [7, 11) is 0. The summed E-state index contributed by atoms with van der Waals surface area (Å²) < 4.78 is 7.22. The number of carbonyl (C=O) groups is 1. The zero-order chi connectivity index (χ0) is 17.5. The second-order valence-electron chi connectivity index (χ2n) is 6.34. The number of benzene rings is 1. The van der Waals surface area contributed by atoms with E-state index in [9.17, 15) is 4.79 Å². The van der Waals surface area contributed by atoms with Crippen LogP contribution >= 0.6 is 11.8 Å². The van der Waals surface area contributed by atoms with Crippen molar-refractivity contribution in [3.05, 3.63) is 41.7 Å². The monoisotopic (exact) mass is 359 g/mol. The Labute approximate surface area is 153 Å². The van der Waals surface area contributed by atoms with Crippen molar-refractivity contribution in [2.75, 3.05) is 12.4 Å². The maximum absolute atomic E-state index is 11.7. The highest BCUT2D eigenvalue weighted by atomic mass is 32.2. The Balaban J connectivity index is 1.81. The van der Waals surface area contributed by atoms with Crippen molar-refractivity contribution in [2.45, 2.75) is 56.6 Å². The second-order valence-corrected chi connectivity index (χ2v) is 7.28. The van der Waals surface area contributed by atoms with Gasteiger partial charge < -0.3 is 9.30 Å². The van der Waals surface area contributed by atoms with Crippen LogP contribution in [0.5, 0.6) is 0 Å². The van der Waals surface area contributed by atoms with Gasteiger partial charge in [-0.1, -0.05) is 61.4 Å². The van der Waals surface area contributed by atoms with E-state index >= 15 is 0 Å². The van der Waals surface area contributed by atoms with E-state index in [1.54, 1.807) is 0 Å². The summed E-state index contributed by atoms with van der Waals surface area (Å²) in [5, 5.41) is 9.69. The molecular weight excluding hydrogens is 334 g/mol. The number of rotatable bonds is 7. The fourth-order valence-electron chi connectivity index (χ4n) is 3.31. The summed E-state index contributed by atoms with van der Waals surface area (Å²) in [6.45, 7) is 2.97. The molecule has 1 saturated carbocycles. The predicted octanol–water partition coefficient (Wildman–Crippen LogP) is 4.03. The zero-order valence-corrected chi connectivity index (χ0v) is 15.5. The third kappa shape index (κ3) is 4.84. The van der Waals surface area contributed by atoms with Crippen molar-refractivity contribution in [3.63, 3.8) is 0 Å². The van der Waals surface area contributed by atoms with Crippen molar-refractivity contribution in [2.24, 2.45) is 0 Å². The Morgan fingerprint density at radius 3 is 2.68 bits per heavy atom. The number of hydrogen-bond donors (Lipinski definition) is 0. The highest BCUT2D eigenvalue weighted by Gasteiger charge is 2.24. The van der Waals surface area contributed by atoms with Gasteiger partial charge in [0.1, 0.15) is 5.82 Å². The van der Waals surface area contributed by atoms with E-state index in [2.05, 4.69) is 26.9 Å². The van der Waals surface area contributed by atoms with Gasteiger partial charge in [-0.3, -0.25) is 4.79 Å². The molecule has 1 aromatic heterocycles. The smallest absolute Gasteiger partial charge is 0.316 e. The van der Waals surface area contributed by atoms with Gasteiger partial charge in [0, 0.05) is 5.92 Å². The van der Waals surface area contributed by atoms with E-state index < -0.39 is 0 Å². The molecule has 0 N–H and O–H groups in total. The van der Waals surface area contributed by atoms with Gasteiger partial charge >= 0.3 is 5.97 Å². The quantitative estimate of drug-likeness (QED) is 0.552. The van der Waals surface area contributed by atoms with Gasteiger partial charge in [0.05, 0.1) is 18.9 Å². The lowest BCUT2D eigenvalue weighted by molar-refractivity contribution is -0.139. The lowest BCUT2D eigenvalue weighted by Gasteiger charge is -2.22. The van der Waals surface area contributed by atoms with Crippen LogP contribution in [0.3, 0.4) is 0 Å². The minimum atomic E-state index is -0.207. The molecule has 0 spiro atoms. The highest BCUT2D eigenvalue weighted by molar-refractivity contribution is 7.99. The Morgan fingerprint density at radius 1 is 1.20 bits per heavy atom. The summed E-state index contributed by atoms with van der Waals surface area (Å²) >= 11 is 1.41. The van der Waals surface area contributed by atoms with Gasteiger partial charge in [0.25, 0.3) is 0 Å². The van der Waals surface area contributed by atoms with E-state index in [0.717, 1.165) is 17.5 Å². The molecule has 5 nitrogen and oxygen atoms in total. The standard InChI is InChI=1S/C19H25N3O2S/c1-2-24-17(23)14-25-19-21-20-18(16-11-7-4-8-12-16)22(19)13-15-9-5-3-6-10-15/h3,5-6,9-10,16H,2,4,7-8,11-14H2,1H3. The van der Waals surface area contributed by atoms with Crippen molar-refractivity contribution in [3.8, 4) is 0 Å². The molecule has 0 saturated heterocycles. The first kappa shape index (κ1) is 18.0. The molecule has 0 aliphatic heterocycles. The highest BCUT2D eigenvalue weighted by Crippen LogP contribution is 2.33. The van der Waals surface area contributed by atoms with Gasteiger partial charge in [0.15, 0.2) is 5.16 Å². The van der Waals surface area contributed by atoms with Gasteiger partial charge in [-0.05, 0) is 25.3 Å². The number of ether oxygens (including phenoxy) is 1. The molecule has 0 unspecified atom stereocenters. The topological polar surface area (TPSA) is 57.0 Å². The Morgan fingerprint density at radius 2 is 1.96 bits per heavy atom. The number of carbonyl (C=O) groups excluding carboxylic acids is 1. The zero-order valence-electron chi connectivity index (χ0n) is 14.7. The van der Waals surface area contributed by atoms with Gasteiger partial charge in [-0.25, -0.2) is 0 Å². The molecule has 25 heavy (non-hydrogen) atoms. The molecule has 1 heterocycles. The molecule has 134 valence electrons. The molecule has 0 atom stereocenters. The Kier molecular flexibility index (Phi) is 6.50. The van der Waals surface area contributed by atoms with Crippen LogP contribution in [-0.2, 0) is 16.1 Å². The maximum Gasteiger partial charge on any atom is 0.316 e. The first-order valence-corrected chi connectivity index (χ1v) is 10.0. The number of nitrogens with zero attached hydrogens (tertiary/aromatic N) is 3. The number of esters is 1. The number of aromatic nitrogens is 3. The molecule has 0 radical (unpaired) electrons. The molecule has 1 fully saturated rings. The first-order valence-electron chi connectivity index (χ1n) is 9.03. The van der Waals surface area contributed by atoms with Crippen molar-refractivity contribution in [1.82, 2.24) is 14.8 Å². The molecule has 1 aliphatic rings. The minimum Gasteiger partial charge on any atom is -0.465 e. The summed E-state index contributed by atoms with van der Waals surface area (Å²) in [4.78, 5) is 11.7. The fraction of sp³-hybridized carbons (Fsp3) is 0.526. The number of thioether (sulfide) groups is 1. The van der Waals surface area contributed by atoms with Crippen molar-refractivity contribution in [1.29, 1.82) is 0 Å². The lowest BCUT2D eigenvalue weighted by Crippen LogP contribution is -2.14. The van der Waals surface area contributed by atoms with Crippen molar-refractivity contribution >= 4 is 17.7 Å². The summed E-state index contributed by atoms with van der Waals surface area (Å²) in [6, 6.07) is 10.3. The minimum absolute atomic E-state index is 0.207. The average molecular weight is 359 g/mol. The Hall–Kier alpha value is -1.82. The van der Waals surface area contributed by atoms with E-state index in [0.29, 0.717) is 12.5 Å². The predicted molar refractivity (Wildman–Crippen MR) is 98.7 cm³/mol. The second kappa shape index (κ2) is 9.04. The SMILES string of the molecule is CCOC(=O)CSc1nnc(C2CCCCC2)n1Cc1ccccc1. The molecule has 0 bridgehead atoms. The fourth-order valence-corrected chi connectivity index (χ4v) is 4.05. The third-order valence-electron chi connectivity index (χ3n) is 4.52. The largest absolute Gasteiger partial charge is 0.465 e. The van der Waals surface area contributed by atoms with Gasteiger partial charge in [-0.15, -0.1) is 10.2 Å². The maximum atomic E-state index is 11.7. The molecule has 0 amide bonds. The van der Waals surface area contributed by atoms with E-state index in [4.69, 9.17) is 4.74 Å². The van der Waals surface area contributed by atoms with E-state index in [-0.39, 0.29) is 11.7 Å². The first-order chi connectivity index (χ1) is 12.3. The Bertz CT molecular complexity index is 681. The average Bonchev–Trinajstić information content (AvgIpc) is 3.04. The van der Waals surface area contributed by atoms with Crippen LogP contribution in [0.2, 0.25) is 0 Å². The van der Waals surface area contributed by atoms with Crippen LogP contribution in [0.1, 0.15) is 56.3 Å². The van der Waals surface area contributed by atoms with E-state index in [1.807, 2.05) is 25.1 Å². The van der Waals surface area contributed by atoms with Crippen LogP contribution < -0.4 is 0 Å². The van der Waals surface area contributed by atoms with Crippen LogP contribution in [0.25, 0.3) is 0 Å². The lowest BCUT2D eigenvalue weighted by atomic mass is 9.88. The van der Waals surface area contributed by atoms with Crippen molar-refractivity contribution < 1.29 is 9.53 Å². The number of hydrogen-bond acceptors (Lipinski definition) is 5. The molecule has 6 heteroatoms. The summed E-state index contributed by atoms with van der Waals surface area (Å²) in [5.41, 5.74) is 1.22. The molecule has 1 aliphatic carbocycles. The third-order valence-corrected chi connectivity index (χ3v) is 5.46. The van der Waals surface area contributed by atoms with Gasteiger partial charge in [0.2, 0.25) is 0 Å². The van der Waals surface area contributed by atoms with Crippen LogP contribution in [-0.4, -0.2) is 33.1 Å². The van der Waals surface area contributed by atoms with Crippen LogP contribution in [0, 0.1) is 0 Å². The van der Waals surface area contributed by atoms with Gasteiger partial charge in [-0.2, -0.15) is 0 Å². The summed E-state index contributed by atoms with van der Waals surface area (Å²) in [5.74, 6) is 1.60. The molecule has 2 aromatic rings. The summed E-state index contributed by atoms with van der Waals surface area (Å²) in [6.07, 6.45) is 6.18. The van der Waals surface area contributed by atoms with Crippen LogP contribution in [0.4, 0.5) is 0 Å². The molecule has 3 rings (SSSR count). The van der Waals surface area contributed by atoms with E-state index in [1.165, 1.54) is 49.4 Å². The van der Waals surface area contributed by atoms with Crippen LogP contribution in [0.15, 0.2) is 35.5 Å².